The SMILES string of the molecule is CCCCC(CC)COC1=C[C@H](N)C(OCC(CC)CCCC)C=C1N. The quantitative estimate of drug-likeness (QED) is 0.459. The molecule has 4 N–H and O–H groups in total. The van der Waals surface area contributed by atoms with Gasteiger partial charge in [-0.1, -0.05) is 66.2 Å². The molecule has 0 aromatic rings. The van der Waals surface area contributed by atoms with Crippen LogP contribution in [0.1, 0.15) is 79.1 Å². The van der Waals surface area contributed by atoms with Crippen LogP contribution in [0.5, 0.6) is 0 Å². The van der Waals surface area contributed by atoms with Gasteiger partial charge in [0.1, 0.15) is 5.76 Å². The average molecular weight is 367 g/mol. The van der Waals surface area contributed by atoms with Crippen LogP contribution in [0, 0.1) is 11.8 Å². The lowest BCUT2D eigenvalue weighted by Gasteiger charge is -2.28. The van der Waals surface area contributed by atoms with Gasteiger partial charge < -0.3 is 20.9 Å². The number of hydrogen-bond donors (Lipinski definition) is 2. The van der Waals surface area contributed by atoms with Gasteiger partial charge in [-0.15, -0.1) is 0 Å². The van der Waals surface area contributed by atoms with Gasteiger partial charge in [0, 0.05) is 0 Å². The molecule has 26 heavy (non-hydrogen) atoms. The van der Waals surface area contributed by atoms with Crippen molar-refractivity contribution in [3.8, 4) is 0 Å². The summed E-state index contributed by atoms with van der Waals surface area (Å²) in [6, 6.07) is -0.198. The largest absolute Gasteiger partial charge is 0.491 e. The summed E-state index contributed by atoms with van der Waals surface area (Å²) in [7, 11) is 0. The molecule has 0 bridgehead atoms. The summed E-state index contributed by atoms with van der Waals surface area (Å²) in [5.74, 6) is 1.91. The van der Waals surface area contributed by atoms with Crippen molar-refractivity contribution in [2.45, 2.75) is 91.2 Å². The number of rotatable bonds is 14. The molecule has 4 nitrogen and oxygen atoms in total. The van der Waals surface area contributed by atoms with Crippen LogP contribution in [0.3, 0.4) is 0 Å². The molecule has 0 aromatic carbocycles. The molecular weight excluding hydrogens is 324 g/mol. The minimum Gasteiger partial charge on any atom is -0.491 e. The second kappa shape index (κ2) is 13.2. The average Bonchev–Trinajstić information content (AvgIpc) is 2.65. The van der Waals surface area contributed by atoms with Crippen molar-refractivity contribution in [1.82, 2.24) is 0 Å². The summed E-state index contributed by atoms with van der Waals surface area (Å²) < 4.78 is 12.1. The summed E-state index contributed by atoms with van der Waals surface area (Å²) in [6.07, 6.45) is 13.4. The van der Waals surface area contributed by atoms with Crippen molar-refractivity contribution in [3.63, 3.8) is 0 Å². The van der Waals surface area contributed by atoms with E-state index in [9.17, 15) is 0 Å². The van der Waals surface area contributed by atoms with Crippen LogP contribution in [0.4, 0.5) is 0 Å². The van der Waals surface area contributed by atoms with Gasteiger partial charge in [0.15, 0.2) is 0 Å². The maximum atomic E-state index is 6.30. The van der Waals surface area contributed by atoms with E-state index in [2.05, 4.69) is 27.7 Å². The van der Waals surface area contributed by atoms with E-state index >= 15 is 0 Å². The smallest absolute Gasteiger partial charge is 0.139 e. The van der Waals surface area contributed by atoms with E-state index in [0.29, 0.717) is 24.1 Å². The highest BCUT2D eigenvalue weighted by Gasteiger charge is 2.24. The van der Waals surface area contributed by atoms with Gasteiger partial charge in [0.25, 0.3) is 0 Å². The van der Waals surface area contributed by atoms with Crippen LogP contribution in [-0.4, -0.2) is 25.4 Å². The van der Waals surface area contributed by atoms with Crippen LogP contribution < -0.4 is 11.5 Å². The van der Waals surface area contributed by atoms with Crippen LogP contribution in [0.15, 0.2) is 23.6 Å². The van der Waals surface area contributed by atoms with Gasteiger partial charge in [-0.3, -0.25) is 0 Å². The van der Waals surface area contributed by atoms with Gasteiger partial charge in [-0.2, -0.15) is 0 Å². The van der Waals surface area contributed by atoms with Gasteiger partial charge in [-0.25, -0.2) is 0 Å². The zero-order chi connectivity index (χ0) is 19.4. The molecular formula is C22H42N2O2. The lowest BCUT2D eigenvalue weighted by Crippen LogP contribution is -2.38. The fourth-order valence-electron chi connectivity index (χ4n) is 3.28. The van der Waals surface area contributed by atoms with Crippen molar-refractivity contribution in [3.05, 3.63) is 23.6 Å². The highest BCUT2D eigenvalue weighted by Crippen LogP contribution is 2.22. The van der Waals surface area contributed by atoms with Crippen molar-refractivity contribution < 1.29 is 9.47 Å². The van der Waals surface area contributed by atoms with Crippen molar-refractivity contribution in [2.24, 2.45) is 23.3 Å². The maximum absolute atomic E-state index is 6.30. The Morgan fingerprint density at radius 2 is 1.50 bits per heavy atom. The van der Waals surface area contributed by atoms with Crippen molar-refractivity contribution >= 4 is 0 Å². The Morgan fingerprint density at radius 1 is 0.923 bits per heavy atom. The molecule has 0 saturated heterocycles. The highest BCUT2D eigenvalue weighted by molar-refractivity contribution is 5.31. The Morgan fingerprint density at radius 3 is 2.04 bits per heavy atom. The van der Waals surface area contributed by atoms with E-state index in [-0.39, 0.29) is 12.1 Å². The van der Waals surface area contributed by atoms with Crippen molar-refractivity contribution in [1.29, 1.82) is 0 Å². The molecule has 0 amide bonds. The summed E-state index contributed by atoms with van der Waals surface area (Å²) in [4.78, 5) is 0. The molecule has 1 rings (SSSR count). The third-order valence-electron chi connectivity index (χ3n) is 5.44. The molecule has 1 aliphatic rings. The maximum Gasteiger partial charge on any atom is 0.139 e. The molecule has 0 aromatic heterocycles. The molecule has 152 valence electrons. The highest BCUT2D eigenvalue weighted by atomic mass is 16.5. The molecule has 0 radical (unpaired) electrons. The third-order valence-corrected chi connectivity index (χ3v) is 5.44. The van der Waals surface area contributed by atoms with E-state index in [1.54, 1.807) is 0 Å². The van der Waals surface area contributed by atoms with Crippen LogP contribution in [-0.2, 0) is 9.47 Å². The van der Waals surface area contributed by atoms with Crippen LogP contribution >= 0.6 is 0 Å². The topological polar surface area (TPSA) is 70.5 Å². The fourth-order valence-corrected chi connectivity index (χ4v) is 3.28. The summed E-state index contributed by atoms with van der Waals surface area (Å²) in [5, 5.41) is 0. The van der Waals surface area contributed by atoms with Gasteiger partial charge >= 0.3 is 0 Å². The summed E-state index contributed by atoms with van der Waals surface area (Å²) >= 11 is 0. The van der Waals surface area contributed by atoms with E-state index in [1.165, 1.54) is 38.5 Å². The normalized spacial score (nSPS) is 22.5. The van der Waals surface area contributed by atoms with Gasteiger partial charge in [0.05, 0.1) is 31.1 Å². The van der Waals surface area contributed by atoms with Gasteiger partial charge in [0.2, 0.25) is 0 Å². The van der Waals surface area contributed by atoms with Crippen LogP contribution in [0.2, 0.25) is 0 Å². The van der Waals surface area contributed by atoms with E-state index in [4.69, 9.17) is 20.9 Å². The Balaban J connectivity index is 2.50. The van der Waals surface area contributed by atoms with E-state index in [1.807, 2.05) is 12.2 Å². The first-order chi connectivity index (χ1) is 12.5. The summed E-state index contributed by atoms with van der Waals surface area (Å²) in [5.41, 5.74) is 13.2. The number of nitrogens with two attached hydrogens (primary N) is 2. The van der Waals surface area contributed by atoms with Crippen molar-refractivity contribution in [2.75, 3.05) is 13.2 Å². The lowest BCUT2D eigenvalue weighted by molar-refractivity contribution is 0.0426. The Bertz CT molecular complexity index is 434. The first-order valence-corrected chi connectivity index (χ1v) is 10.7. The molecule has 0 spiro atoms. The molecule has 0 aliphatic heterocycles. The second-order valence-corrected chi connectivity index (χ2v) is 7.67. The monoisotopic (exact) mass is 366 g/mol. The number of unbranched alkanes of at least 4 members (excludes halogenated alkanes) is 2. The molecule has 4 heteroatoms. The molecule has 0 fully saturated rings. The first-order valence-electron chi connectivity index (χ1n) is 10.7. The minimum absolute atomic E-state index is 0.153. The Labute approximate surface area is 161 Å². The zero-order valence-corrected chi connectivity index (χ0v) is 17.5. The Hall–Kier alpha value is -1.00. The predicted molar refractivity (Wildman–Crippen MR) is 111 cm³/mol. The third kappa shape index (κ3) is 8.13. The fraction of sp³-hybridized carbons (Fsp3) is 0.818. The molecule has 1 aliphatic carbocycles. The molecule has 0 heterocycles. The first kappa shape index (κ1) is 23.0. The molecule has 4 atom stereocenters. The molecule has 0 saturated carbocycles. The summed E-state index contributed by atoms with van der Waals surface area (Å²) in [6.45, 7) is 10.4. The lowest BCUT2D eigenvalue weighted by atomic mass is 9.99. The van der Waals surface area contributed by atoms with Crippen LogP contribution in [0.25, 0.3) is 0 Å². The second-order valence-electron chi connectivity index (χ2n) is 7.67. The minimum atomic E-state index is -0.198. The standard InChI is InChI=1S/C22H42N2O2/c1-5-9-11-17(7-3)15-25-21-13-20(24)22(14-19(21)23)26-16-18(8-4)12-10-6-2/h13-14,17-19,21H,5-12,15-16,23-24H2,1-4H3/t17?,18?,19-,21?/m0/s1. The molecule has 3 unspecified atom stereocenters. The van der Waals surface area contributed by atoms with E-state index in [0.717, 1.165) is 25.2 Å². The number of ether oxygens (including phenoxy) is 2. The van der Waals surface area contributed by atoms with E-state index < -0.39 is 0 Å². The van der Waals surface area contributed by atoms with Gasteiger partial charge in [-0.05, 0) is 36.8 Å². The Kier molecular flexibility index (Phi) is 11.7. The zero-order valence-electron chi connectivity index (χ0n) is 17.5. The number of hydrogen-bond acceptors (Lipinski definition) is 4. The predicted octanol–water partition coefficient (Wildman–Crippen LogP) is 4.89.